The number of para-hydroxylation sites is 1. The number of nitrogens with one attached hydrogen (secondary N) is 2. The molecule has 0 radical (unpaired) electrons. The van der Waals surface area contributed by atoms with Gasteiger partial charge >= 0.3 is 0 Å². The topological polar surface area (TPSA) is 66.0 Å². The fourth-order valence-electron chi connectivity index (χ4n) is 2.48. The SMILES string of the molecule is CN=C(NCC(=O)Nc1cccc(F)c1)N(C)Cc1ccccc1OC.I. The first-order valence-corrected chi connectivity index (χ1v) is 8.12. The number of anilines is 1. The zero-order valence-corrected chi connectivity index (χ0v) is 17.9. The van der Waals surface area contributed by atoms with Gasteiger partial charge in [-0.15, -0.1) is 24.0 Å². The molecule has 6 nitrogen and oxygen atoms in total. The molecule has 0 aromatic heterocycles. The van der Waals surface area contributed by atoms with Crippen LogP contribution in [0.3, 0.4) is 0 Å². The first-order chi connectivity index (χ1) is 12.5. The van der Waals surface area contributed by atoms with Crippen molar-refractivity contribution in [2.45, 2.75) is 6.54 Å². The number of rotatable bonds is 6. The highest BCUT2D eigenvalue weighted by molar-refractivity contribution is 14.0. The van der Waals surface area contributed by atoms with Crippen LogP contribution in [0.25, 0.3) is 0 Å². The molecule has 2 N–H and O–H groups in total. The van der Waals surface area contributed by atoms with Gasteiger partial charge in [-0.25, -0.2) is 4.39 Å². The summed E-state index contributed by atoms with van der Waals surface area (Å²) in [5.74, 6) is 0.662. The lowest BCUT2D eigenvalue weighted by Crippen LogP contribution is -2.42. The fourth-order valence-corrected chi connectivity index (χ4v) is 2.48. The van der Waals surface area contributed by atoms with Gasteiger partial charge in [0.1, 0.15) is 11.6 Å². The molecule has 2 aromatic rings. The molecule has 0 aliphatic heterocycles. The van der Waals surface area contributed by atoms with Crippen molar-refractivity contribution >= 4 is 41.5 Å². The Kier molecular flexibility index (Phi) is 9.55. The summed E-state index contributed by atoms with van der Waals surface area (Å²) < 4.78 is 18.5. The van der Waals surface area contributed by atoms with E-state index in [9.17, 15) is 9.18 Å². The predicted molar refractivity (Wildman–Crippen MR) is 116 cm³/mol. The number of hydrogen-bond donors (Lipinski definition) is 2. The maximum atomic E-state index is 13.2. The second-order valence-corrected chi connectivity index (χ2v) is 5.63. The largest absolute Gasteiger partial charge is 0.496 e. The highest BCUT2D eigenvalue weighted by Crippen LogP contribution is 2.18. The minimum atomic E-state index is -0.400. The first kappa shape index (κ1) is 22.7. The summed E-state index contributed by atoms with van der Waals surface area (Å²) in [6.45, 7) is 0.578. The van der Waals surface area contributed by atoms with Gasteiger partial charge in [0.2, 0.25) is 5.91 Å². The molecule has 146 valence electrons. The molecule has 0 atom stereocenters. The van der Waals surface area contributed by atoms with E-state index < -0.39 is 5.82 Å². The molecule has 2 rings (SSSR count). The molecule has 27 heavy (non-hydrogen) atoms. The van der Waals surface area contributed by atoms with Gasteiger partial charge in [-0.1, -0.05) is 24.3 Å². The van der Waals surface area contributed by atoms with Crippen molar-refractivity contribution in [3.05, 3.63) is 59.9 Å². The summed E-state index contributed by atoms with van der Waals surface area (Å²) in [7, 11) is 5.14. The van der Waals surface area contributed by atoms with Crippen LogP contribution in [0.15, 0.2) is 53.5 Å². The summed E-state index contributed by atoms with van der Waals surface area (Å²) in [6, 6.07) is 13.5. The van der Waals surface area contributed by atoms with E-state index in [-0.39, 0.29) is 36.4 Å². The van der Waals surface area contributed by atoms with Gasteiger partial charge in [0.15, 0.2) is 5.96 Å². The number of methoxy groups -OCH3 is 1. The van der Waals surface area contributed by atoms with E-state index in [2.05, 4.69) is 15.6 Å². The number of nitrogens with zero attached hydrogens (tertiary/aromatic N) is 2. The lowest BCUT2D eigenvalue weighted by Gasteiger charge is -2.23. The fraction of sp³-hybridized carbons (Fsp3) is 0.263. The summed E-state index contributed by atoms with van der Waals surface area (Å²) in [4.78, 5) is 18.1. The van der Waals surface area contributed by atoms with Crippen LogP contribution in [-0.2, 0) is 11.3 Å². The highest BCUT2D eigenvalue weighted by Gasteiger charge is 2.11. The van der Waals surface area contributed by atoms with E-state index in [1.165, 1.54) is 12.1 Å². The Hall–Kier alpha value is -2.36. The molecule has 1 amide bonds. The van der Waals surface area contributed by atoms with Crippen molar-refractivity contribution in [3.8, 4) is 5.75 Å². The molecule has 2 aromatic carbocycles. The van der Waals surface area contributed by atoms with E-state index in [0.717, 1.165) is 11.3 Å². The molecule has 8 heteroatoms. The molecule has 0 bridgehead atoms. The van der Waals surface area contributed by atoms with Crippen LogP contribution in [-0.4, -0.2) is 44.5 Å². The zero-order chi connectivity index (χ0) is 18.9. The number of halogens is 2. The number of ether oxygens (including phenoxy) is 1. The highest BCUT2D eigenvalue weighted by atomic mass is 127. The number of carbonyl (C=O) groups is 1. The first-order valence-electron chi connectivity index (χ1n) is 8.12. The third-order valence-corrected chi connectivity index (χ3v) is 3.69. The van der Waals surface area contributed by atoms with Gasteiger partial charge in [-0.2, -0.15) is 0 Å². The van der Waals surface area contributed by atoms with Crippen molar-refractivity contribution in [1.29, 1.82) is 0 Å². The van der Waals surface area contributed by atoms with Gasteiger partial charge in [-0.05, 0) is 24.3 Å². The minimum absolute atomic E-state index is 0. The average molecular weight is 486 g/mol. The van der Waals surface area contributed by atoms with Gasteiger partial charge < -0.3 is 20.3 Å². The van der Waals surface area contributed by atoms with Crippen LogP contribution in [0.4, 0.5) is 10.1 Å². The molecule has 0 unspecified atom stereocenters. The number of benzene rings is 2. The smallest absolute Gasteiger partial charge is 0.243 e. The maximum absolute atomic E-state index is 13.2. The second-order valence-electron chi connectivity index (χ2n) is 5.63. The van der Waals surface area contributed by atoms with E-state index in [4.69, 9.17) is 4.74 Å². The third kappa shape index (κ3) is 7.05. The van der Waals surface area contributed by atoms with Crippen molar-refractivity contribution in [2.75, 3.05) is 33.1 Å². The third-order valence-electron chi connectivity index (χ3n) is 3.69. The van der Waals surface area contributed by atoms with Crippen LogP contribution < -0.4 is 15.4 Å². The molecular weight excluding hydrogens is 462 g/mol. The standard InChI is InChI=1S/C19H23FN4O2.HI/c1-21-19(24(2)13-14-7-4-5-10-17(14)26-3)22-12-18(25)23-16-9-6-8-15(20)11-16;/h4-11H,12-13H2,1-3H3,(H,21,22)(H,23,25);1H. The van der Waals surface area contributed by atoms with Crippen LogP contribution >= 0.6 is 24.0 Å². The molecule has 0 spiro atoms. The van der Waals surface area contributed by atoms with Crippen LogP contribution in [0.2, 0.25) is 0 Å². The molecule has 0 saturated heterocycles. The lowest BCUT2D eigenvalue weighted by molar-refractivity contribution is -0.115. The summed E-state index contributed by atoms with van der Waals surface area (Å²) in [6.07, 6.45) is 0. The van der Waals surface area contributed by atoms with E-state index in [1.807, 2.05) is 36.2 Å². The Bertz CT molecular complexity index is 786. The van der Waals surface area contributed by atoms with Crippen LogP contribution in [0.5, 0.6) is 5.75 Å². The number of aliphatic imine (C=N–C) groups is 1. The molecular formula is C19H24FIN4O2. The van der Waals surface area contributed by atoms with Crippen LogP contribution in [0.1, 0.15) is 5.56 Å². The summed E-state index contributed by atoms with van der Waals surface area (Å²) in [5, 5.41) is 5.62. The van der Waals surface area contributed by atoms with Crippen molar-refractivity contribution in [1.82, 2.24) is 10.2 Å². The Labute approximate surface area is 175 Å². The summed E-state index contributed by atoms with van der Waals surface area (Å²) >= 11 is 0. The van der Waals surface area contributed by atoms with Gasteiger partial charge in [-0.3, -0.25) is 9.79 Å². The minimum Gasteiger partial charge on any atom is -0.496 e. The molecule has 0 aliphatic rings. The lowest BCUT2D eigenvalue weighted by atomic mass is 10.2. The van der Waals surface area contributed by atoms with Crippen LogP contribution in [0, 0.1) is 5.82 Å². The Morgan fingerprint density at radius 1 is 1.22 bits per heavy atom. The Morgan fingerprint density at radius 3 is 2.63 bits per heavy atom. The maximum Gasteiger partial charge on any atom is 0.243 e. The average Bonchev–Trinajstić information content (AvgIpc) is 2.62. The number of carbonyl (C=O) groups excluding carboxylic acids is 1. The Balaban J connectivity index is 0.00000364. The van der Waals surface area contributed by atoms with Crippen molar-refractivity contribution in [2.24, 2.45) is 4.99 Å². The quantitative estimate of drug-likeness (QED) is 0.374. The predicted octanol–water partition coefficient (Wildman–Crippen LogP) is 3.10. The van der Waals surface area contributed by atoms with Crippen molar-refractivity contribution in [3.63, 3.8) is 0 Å². The van der Waals surface area contributed by atoms with E-state index in [1.54, 1.807) is 26.3 Å². The molecule has 0 aliphatic carbocycles. The van der Waals surface area contributed by atoms with E-state index in [0.29, 0.717) is 18.2 Å². The van der Waals surface area contributed by atoms with Gasteiger partial charge in [0, 0.05) is 31.9 Å². The normalized spacial score (nSPS) is 10.6. The van der Waals surface area contributed by atoms with Gasteiger partial charge in [0.05, 0.1) is 13.7 Å². The second kappa shape index (κ2) is 11.4. The van der Waals surface area contributed by atoms with Crippen molar-refractivity contribution < 1.29 is 13.9 Å². The molecule has 0 fully saturated rings. The number of amides is 1. The molecule has 0 saturated carbocycles. The number of hydrogen-bond acceptors (Lipinski definition) is 3. The monoisotopic (exact) mass is 486 g/mol. The van der Waals surface area contributed by atoms with E-state index >= 15 is 0 Å². The summed E-state index contributed by atoms with van der Waals surface area (Å²) in [5.41, 5.74) is 1.42. The molecule has 0 heterocycles. The Morgan fingerprint density at radius 2 is 1.96 bits per heavy atom. The number of guanidine groups is 1. The van der Waals surface area contributed by atoms with Gasteiger partial charge in [0.25, 0.3) is 0 Å². The zero-order valence-electron chi connectivity index (χ0n) is 15.5.